The van der Waals surface area contributed by atoms with Crippen LogP contribution in [-0.4, -0.2) is 14.2 Å². The zero-order chi connectivity index (χ0) is 12.8. The van der Waals surface area contributed by atoms with Crippen LogP contribution in [0, 0.1) is 0 Å². The van der Waals surface area contributed by atoms with Gasteiger partial charge >= 0.3 is 0 Å². The fraction of sp³-hybridized carbons (Fsp3) is 0.125. The first-order chi connectivity index (χ1) is 8.83. The smallest absolute Gasteiger partial charge is 0.126 e. The lowest BCUT2D eigenvalue weighted by Crippen LogP contribution is -1.85. The van der Waals surface area contributed by atoms with Crippen molar-refractivity contribution < 1.29 is 9.47 Å². The molecule has 0 heterocycles. The van der Waals surface area contributed by atoms with Gasteiger partial charge in [-0.2, -0.15) is 0 Å². The molecule has 0 unspecified atom stereocenters. The Balaban J connectivity index is 2.19. The summed E-state index contributed by atoms with van der Waals surface area (Å²) in [6, 6.07) is 15.9. The van der Waals surface area contributed by atoms with Crippen LogP contribution in [0.5, 0.6) is 11.5 Å². The molecule has 0 amide bonds. The third kappa shape index (κ3) is 2.92. The maximum atomic E-state index is 5.30. The van der Waals surface area contributed by atoms with Crippen molar-refractivity contribution in [2.45, 2.75) is 0 Å². The maximum absolute atomic E-state index is 5.30. The molecule has 0 radical (unpaired) electrons. The Labute approximate surface area is 107 Å². The number of hydrogen-bond donors (Lipinski definition) is 0. The fourth-order valence-electron chi connectivity index (χ4n) is 1.71. The van der Waals surface area contributed by atoms with Crippen molar-refractivity contribution >= 4 is 12.2 Å². The molecule has 0 fully saturated rings. The monoisotopic (exact) mass is 240 g/mol. The number of benzene rings is 2. The summed E-state index contributed by atoms with van der Waals surface area (Å²) < 4.78 is 10.4. The molecule has 0 saturated carbocycles. The second-order valence-electron chi connectivity index (χ2n) is 3.85. The van der Waals surface area contributed by atoms with Crippen molar-refractivity contribution in [2.75, 3.05) is 14.2 Å². The van der Waals surface area contributed by atoms with Gasteiger partial charge in [0.1, 0.15) is 11.5 Å². The topological polar surface area (TPSA) is 18.5 Å². The van der Waals surface area contributed by atoms with E-state index in [1.165, 1.54) is 0 Å². The summed E-state index contributed by atoms with van der Waals surface area (Å²) >= 11 is 0. The highest BCUT2D eigenvalue weighted by molar-refractivity contribution is 5.72. The molecule has 92 valence electrons. The lowest BCUT2D eigenvalue weighted by atomic mass is 10.1. The highest BCUT2D eigenvalue weighted by Gasteiger charge is 1.96. The van der Waals surface area contributed by atoms with Gasteiger partial charge in [0, 0.05) is 5.56 Å². The van der Waals surface area contributed by atoms with Crippen molar-refractivity contribution in [3.8, 4) is 11.5 Å². The predicted molar refractivity (Wildman–Crippen MR) is 74.9 cm³/mol. The van der Waals surface area contributed by atoms with E-state index in [2.05, 4.69) is 6.08 Å². The van der Waals surface area contributed by atoms with Gasteiger partial charge in [0.15, 0.2) is 0 Å². The molecule has 0 aliphatic carbocycles. The van der Waals surface area contributed by atoms with Gasteiger partial charge in [-0.1, -0.05) is 42.5 Å². The van der Waals surface area contributed by atoms with E-state index in [0.29, 0.717) is 0 Å². The quantitative estimate of drug-likeness (QED) is 0.755. The van der Waals surface area contributed by atoms with Gasteiger partial charge in [0.25, 0.3) is 0 Å². The van der Waals surface area contributed by atoms with Crippen LogP contribution < -0.4 is 9.47 Å². The van der Waals surface area contributed by atoms with Gasteiger partial charge in [-0.15, -0.1) is 0 Å². The Kier molecular flexibility index (Phi) is 4.02. The zero-order valence-electron chi connectivity index (χ0n) is 10.6. The molecule has 0 atom stereocenters. The first kappa shape index (κ1) is 12.2. The average Bonchev–Trinajstić information content (AvgIpc) is 2.46. The molecular formula is C16H16O2. The molecule has 0 bridgehead atoms. The summed E-state index contributed by atoms with van der Waals surface area (Å²) in [6.07, 6.45) is 4.10. The van der Waals surface area contributed by atoms with Gasteiger partial charge in [-0.3, -0.25) is 0 Å². The van der Waals surface area contributed by atoms with Crippen LogP contribution in [0.4, 0.5) is 0 Å². The molecular weight excluding hydrogens is 224 g/mol. The molecule has 0 aliphatic rings. The molecule has 2 rings (SSSR count). The second-order valence-corrected chi connectivity index (χ2v) is 3.85. The molecule has 18 heavy (non-hydrogen) atoms. The lowest BCUT2D eigenvalue weighted by molar-refractivity contribution is 0.414. The van der Waals surface area contributed by atoms with Crippen LogP contribution in [0.1, 0.15) is 11.1 Å². The highest BCUT2D eigenvalue weighted by Crippen LogP contribution is 2.20. The Morgan fingerprint density at radius 3 is 2.17 bits per heavy atom. The fourth-order valence-corrected chi connectivity index (χ4v) is 1.71. The van der Waals surface area contributed by atoms with Gasteiger partial charge in [-0.25, -0.2) is 0 Å². The van der Waals surface area contributed by atoms with E-state index in [0.717, 1.165) is 22.6 Å². The van der Waals surface area contributed by atoms with Crippen LogP contribution in [0.25, 0.3) is 12.2 Å². The molecule has 2 aromatic carbocycles. The summed E-state index contributed by atoms with van der Waals surface area (Å²) in [5.41, 5.74) is 2.19. The number of para-hydroxylation sites is 1. The number of hydrogen-bond acceptors (Lipinski definition) is 2. The Morgan fingerprint density at radius 2 is 1.50 bits per heavy atom. The first-order valence-corrected chi connectivity index (χ1v) is 5.78. The highest BCUT2D eigenvalue weighted by atomic mass is 16.5. The Bertz CT molecular complexity index is 527. The van der Waals surface area contributed by atoms with E-state index >= 15 is 0 Å². The summed E-state index contributed by atoms with van der Waals surface area (Å²) in [6.45, 7) is 0. The van der Waals surface area contributed by atoms with E-state index < -0.39 is 0 Å². The van der Waals surface area contributed by atoms with Crippen LogP contribution in [0.2, 0.25) is 0 Å². The van der Waals surface area contributed by atoms with Gasteiger partial charge < -0.3 is 9.47 Å². The third-order valence-corrected chi connectivity index (χ3v) is 2.71. The molecule has 0 aliphatic heterocycles. The lowest BCUT2D eigenvalue weighted by Gasteiger charge is -2.03. The molecule has 0 aromatic heterocycles. The number of methoxy groups -OCH3 is 2. The molecule has 2 nitrogen and oxygen atoms in total. The van der Waals surface area contributed by atoms with Crippen LogP contribution >= 0.6 is 0 Å². The van der Waals surface area contributed by atoms with E-state index in [1.54, 1.807) is 14.2 Å². The van der Waals surface area contributed by atoms with E-state index in [4.69, 9.17) is 9.47 Å². The summed E-state index contributed by atoms with van der Waals surface area (Å²) in [7, 11) is 3.35. The zero-order valence-corrected chi connectivity index (χ0v) is 10.6. The summed E-state index contributed by atoms with van der Waals surface area (Å²) in [5.74, 6) is 1.74. The number of rotatable bonds is 4. The largest absolute Gasteiger partial charge is 0.497 e. The van der Waals surface area contributed by atoms with E-state index in [9.17, 15) is 0 Å². The summed E-state index contributed by atoms with van der Waals surface area (Å²) in [4.78, 5) is 0. The van der Waals surface area contributed by atoms with E-state index in [1.807, 2.05) is 54.6 Å². The van der Waals surface area contributed by atoms with Crippen molar-refractivity contribution in [3.05, 3.63) is 59.7 Å². The van der Waals surface area contributed by atoms with Crippen LogP contribution in [0.15, 0.2) is 48.5 Å². The van der Waals surface area contributed by atoms with Gasteiger partial charge in [0.2, 0.25) is 0 Å². The molecule has 0 saturated heterocycles. The predicted octanol–water partition coefficient (Wildman–Crippen LogP) is 3.87. The minimum Gasteiger partial charge on any atom is -0.497 e. The Morgan fingerprint density at radius 1 is 0.778 bits per heavy atom. The van der Waals surface area contributed by atoms with Gasteiger partial charge in [-0.05, 0) is 23.8 Å². The van der Waals surface area contributed by atoms with Crippen molar-refractivity contribution in [2.24, 2.45) is 0 Å². The molecule has 0 N–H and O–H groups in total. The van der Waals surface area contributed by atoms with Crippen LogP contribution in [0.3, 0.4) is 0 Å². The van der Waals surface area contributed by atoms with Crippen molar-refractivity contribution in [3.63, 3.8) is 0 Å². The molecule has 2 aromatic rings. The minimum atomic E-state index is 0.865. The third-order valence-electron chi connectivity index (χ3n) is 2.71. The molecule has 0 spiro atoms. The minimum absolute atomic E-state index is 0.865. The maximum Gasteiger partial charge on any atom is 0.126 e. The van der Waals surface area contributed by atoms with Crippen molar-refractivity contribution in [1.29, 1.82) is 0 Å². The SMILES string of the molecule is COc1ccc(/C=C\c2ccccc2OC)cc1. The standard InChI is InChI=1S/C16H16O2/c1-17-15-11-8-13(9-12-15)7-10-14-5-3-4-6-16(14)18-2/h3-12H,1-2H3/b10-7-. The number of ether oxygens (including phenoxy) is 2. The van der Waals surface area contributed by atoms with Crippen LogP contribution in [-0.2, 0) is 0 Å². The average molecular weight is 240 g/mol. The van der Waals surface area contributed by atoms with Gasteiger partial charge in [0.05, 0.1) is 14.2 Å². The molecule has 2 heteroatoms. The van der Waals surface area contributed by atoms with E-state index in [-0.39, 0.29) is 0 Å². The summed E-state index contributed by atoms with van der Waals surface area (Å²) in [5, 5.41) is 0. The van der Waals surface area contributed by atoms with Crippen molar-refractivity contribution in [1.82, 2.24) is 0 Å². The normalized spacial score (nSPS) is 10.6. The Hall–Kier alpha value is -2.22. The second kappa shape index (κ2) is 5.92. The first-order valence-electron chi connectivity index (χ1n) is 5.78.